The maximum atomic E-state index is 11.9. The number of esters is 1. The third-order valence-corrected chi connectivity index (χ3v) is 5.21. The Morgan fingerprint density at radius 3 is 3.00 bits per heavy atom. The fourth-order valence-electron chi connectivity index (χ4n) is 2.70. The minimum Gasteiger partial charge on any atom is -0.462 e. The Kier molecular flexibility index (Phi) is 4.68. The third-order valence-electron chi connectivity index (χ3n) is 3.85. The van der Waals surface area contributed by atoms with E-state index in [1.165, 1.54) is 16.8 Å². The van der Waals surface area contributed by atoms with Gasteiger partial charge in [0.1, 0.15) is 18.1 Å². The predicted octanol–water partition coefficient (Wildman–Crippen LogP) is 0.653. The van der Waals surface area contributed by atoms with Gasteiger partial charge in [0.05, 0.1) is 6.10 Å². The van der Waals surface area contributed by atoms with E-state index in [9.17, 15) is 14.4 Å². The third kappa shape index (κ3) is 3.44. The van der Waals surface area contributed by atoms with Crippen molar-refractivity contribution in [2.75, 3.05) is 12.4 Å². The van der Waals surface area contributed by atoms with Crippen molar-refractivity contribution in [1.82, 2.24) is 9.55 Å². The number of carbonyl (C=O) groups is 1. The van der Waals surface area contributed by atoms with Gasteiger partial charge in [-0.05, 0) is 31.4 Å². The molecule has 0 bridgehead atoms. The Labute approximate surface area is 131 Å². The molecule has 3 unspecified atom stereocenters. The molecule has 1 N–H and O–H groups in total. The lowest BCUT2D eigenvalue weighted by Gasteiger charge is -2.16. The first-order chi connectivity index (χ1) is 10.6. The average molecular weight is 326 g/mol. The average Bonchev–Trinajstić information content (AvgIpc) is 3.16. The van der Waals surface area contributed by atoms with Crippen LogP contribution < -0.4 is 11.2 Å². The van der Waals surface area contributed by atoms with Gasteiger partial charge in [-0.25, -0.2) is 4.79 Å². The molecule has 0 aromatic carbocycles. The van der Waals surface area contributed by atoms with E-state index in [1.54, 1.807) is 11.8 Å². The molecule has 2 fully saturated rings. The van der Waals surface area contributed by atoms with Crippen LogP contribution in [-0.2, 0) is 14.3 Å². The Balaban J connectivity index is 1.52. The number of thioether (sulfide) groups is 1. The molecule has 0 radical (unpaired) electrons. The van der Waals surface area contributed by atoms with Crippen LogP contribution in [0.25, 0.3) is 0 Å². The minimum absolute atomic E-state index is 0.0426. The van der Waals surface area contributed by atoms with Gasteiger partial charge in [0, 0.05) is 12.3 Å². The first-order valence-corrected chi connectivity index (χ1v) is 8.43. The highest BCUT2D eigenvalue weighted by Crippen LogP contribution is 2.29. The van der Waals surface area contributed by atoms with Crippen LogP contribution in [0.1, 0.15) is 31.9 Å². The number of hydrogen-bond acceptors (Lipinski definition) is 6. The van der Waals surface area contributed by atoms with Crippen molar-refractivity contribution in [1.29, 1.82) is 0 Å². The molecule has 2 aliphatic heterocycles. The maximum absolute atomic E-state index is 11.9. The zero-order valence-electron chi connectivity index (χ0n) is 12.0. The van der Waals surface area contributed by atoms with Gasteiger partial charge in [-0.3, -0.25) is 19.1 Å². The molecule has 8 heteroatoms. The molecule has 3 atom stereocenters. The minimum atomic E-state index is -0.488. The number of rotatable bonds is 4. The lowest BCUT2D eigenvalue weighted by atomic mass is 10.2. The fourth-order valence-corrected chi connectivity index (χ4v) is 3.85. The van der Waals surface area contributed by atoms with E-state index in [2.05, 4.69) is 4.98 Å². The molecular formula is C14H18N2O5S. The summed E-state index contributed by atoms with van der Waals surface area (Å²) in [6.45, 7) is 0.213. The number of nitrogens with one attached hydrogen (secondary N) is 1. The van der Waals surface area contributed by atoms with Gasteiger partial charge >= 0.3 is 11.7 Å². The smallest absolute Gasteiger partial charge is 0.330 e. The molecule has 120 valence electrons. The molecule has 0 aliphatic carbocycles. The zero-order valence-corrected chi connectivity index (χ0v) is 12.8. The van der Waals surface area contributed by atoms with Crippen LogP contribution in [0.5, 0.6) is 0 Å². The molecule has 7 nitrogen and oxygen atoms in total. The van der Waals surface area contributed by atoms with Crippen LogP contribution in [0.3, 0.4) is 0 Å². The summed E-state index contributed by atoms with van der Waals surface area (Å²) >= 11 is 1.64. The fraction of sp³-hybridized carbons (Fsp3) is 0.643. The number of aromatic amines is 1. The SMILES string of the molecule is O=C(OCC1CCC(n2ccc(=O)[nH]c2=O)O1)C1CCCS1. The standard InChI is InChI=1S/C14H18N2O5S/c17-11-5-6-16(14(19)15-11)12-4-3-9(21-12)8-20-13(18)10-2-1-7-22-10/h5-6,9-10,12H,1-4,7-8H2,(H,15,17,19). The quantitative estimate of drug-likeness (QED) is 0.817. The molecule has 2 saturated heterocycles. The lowest BCUT2D eigenvalue weighted by molar-refractivity contribution is -0.147. The molecular weight excluding hydrogens is 308 g/mol. The van der Waals surface area contributed by atoms with E-state index in [4.69, 9.17) is 9.47 Å². The second kappa shape index (κ2) is 6.70. The van der Waals surface area contributed by atoms with Crippen LogP contribution in [0.15, 0.2) is 21.9 Å². The highest BCUT2D eigenvalue weighted by molar-refractivity contribution is 8.00. The lowest BCUT2D eigenvalue weighted by Crippen LogP contribution is -2.32. The van der Waals surface area contributed by atoms with Gasteiger partial charge in [0.15, 0.2) is 0 Å². The summed E-state index contributed by atoms with van der Waals surface area (Å²) in [6, 6.07) is 1.29. The van der Waals surface area contributed by atoms with E-state index >= 15 is 0 Å². The number of aromatic nitrogens is 2. The molecule has 0 amide bonds. The van der Waals surface area contributed by atoms with Crippen molar-refractivity contribution < 1.29 is 14.3 Å². The van der Waals surface area contributed by atoms with Crippen LogP contribution >= 0.6 is 11.8 Å². The van der Waals surface area contributed by atoms with Crippen LogP contribution in [0, 0.1) is 0 Å². The molecule has 3 heterocycles. The molecule has 0 saturated carbocycles. The normalized spacial score (nSPS) is 27.9. The molecule has 3 rings (SSSR count). The second-order valence-corrected chi connectivity index (χ2v) is 6.75. The van der Waals surface area contributed by atoms with E-state index in [-0.39, 0.29) is 23.9 Å². The van der Waals surface area contributed by atoms with Gasteiger partial charge in [-0.15, -0.1) is 11.8 Å². The number of ether oxygens (including phenoxy) is 2. The Morgan fingerprint density at radius 2 is 2.27 bits per heavy atom. The summed E-state index contributed by atoms with van der Waals surface area (Å²) in [5, 5.41) is -0.0426. The van der Waals surface area contributed by atoms with E-state index in [0.29, 0.717) is 12.8 Å². The Hall–Kier alpha value is -1.54. The second-order valence-electron chi connectivity index (χ2n) is 5.44. The number of carbonyl (C=O) groups excluding carboxylic acids is 1. The summed E-state index contributed by atoms with van der Waals surface area (Å²) in [7, 11) is 0. The highest BCUT2D eigenvalue weighted by atomic mass is 32.2. The first kappa shape index (κ1) is 15.4. The van der Waals surface area contributed by atoms with Gasteiger partial charge in [0.25, 0.3) is 5.56 Å². The predicted molar refractivity (Wildman–Crippen MR) is 80.9 cm³/mol. The van der Waals surface area contributed by atoms with Gasteiger partial charge < -0.3 is 9.47 Å². The zero-order chi connectivity index (χ0) is 15.5. The molecule has 1 aromatic heterocycles. The topological polar surface area (TPSA) is 90.4 Å². The van der Waals surface area contributed by atoms with Gasteiger partial charge in [0.2, 0.25) is 0 Å². The molecule has 2 aliphatic rings. The van der Waals surface area contributed by atoms with Crippen molar-refractivity contribution >= 4 is 17.7 Å². The molecule has 22 heavy (non-hydrogen) atoms. The van der Waals surface area contributed by atoms with E-state index in [0.717, 1.165) is 18.6 Å². The van der Waals surface area contributed by atoms with Crippen molar-refractivity contribution in [3.63, 3.8) is 0 Å². The van der Waals surface area contributed by atoms with Crippen molar-refractivity contribution in [3.05, 3.63) is 33.1 Å². The van der Waals surface area contributed by atoms with E-state index < -0.39 is 17.5 Å². The summed E-state index contributed by atoms with van der Waals surface area (Å²) in [5.74, 6) is 0.840. The van der Waals surface area contributed by atoms with Crippen molar-refractivity contribution in [3.8, 4) is 0 Å². The Bertz CT molecular complexity index is 649. The molecule has 0 spiro atoms. The highest BCUT2D eigenvalue weighted by Gasteiger charge is 2.30. The number of hydrogen-bond donors (Lipinski definition) is 1. The summed E-state index contributed by atoms with van der Waals surface area (Å²) in [5.41, 5.74) is -0.920. The number of H-pyrrole nitrogens is 1. The number of nitrogens with zero attached hydrogens (tertiary/aromatic N) is 1. The van der Waals surface area contributed by atoms with Crippen LogP contribution in [0.4, 0.5) is 0 Å². The maximum Gasteiger partial charge on any atom is 0.330 e. The van der Waals surface area contributed by atoms with Crippen molar-refractivity contribution in [2.24, 2.45) is 0 Å². The largest absolute Gasteiger partial charge is 0.462 e. The summed E-state index contributed by atoms with van der Waals surface area (Å²) in [6.07, 6.45) is 4.09. The van der Waals surface area contributed by atoms with Crippen molar-refractivity contribution in [2.45, 2.75) is 43.3 Å². The van der Waals surface area contributed by atoms with Crippen LogP contribution in [0.2, 0.25) is 0 Å². The van der Waals surface area contributed by atoms with Gasteiger partial charge in [-0.2, -0.15) is 0 Å². The molecule has 1 aromatic rings. The Morgan fingerprint density at radius 1 is 1.41 bits per heavy atom. The monoisotopic (exact) mass is 326 g/mol. The summed E-state index contributed by atoms with van der Waals surface area (Å²) < 4.78 is 12.4. The van der Waals surface area contributed by atoms with E-state index in [1.807, 2.05) is 0 Å². The summed E-state index contributed by atoms with van der Waals surface area (Å²) in [4.78, 5) is 36.8. The van der Waals surface area contributed by atoms with Gasteiger partial charge in [-0.1, -0.05) is 0 Å². The van der Waals surface area contributed by atoms with Crippen LogP contribution in [-0.4, -0.2) is 39.2 Å². The first-order valence-electron chi connectivity index (χ1n) is 7.38.